The van der Waals surface area contributed by atoms with Crippen molar-refractivity contribution in [2.75, 3.05) is 12.4 Å². The third-order valence-electron chi connectivity index (χ3n) is 3.26. The van der Waals surface area contributed by atoms with Crippen LogP contribution in [0.2, 0.25) is 0 Å². The second kappa shape index (κ2) is 5.61. The Morgan fingerprint density at radius 1 is 1.38 bits per heavy atom. The molecule has 21 heavy (non-hydrogen) atoms. The molecule has 7 heteroatoms. The molecule has 3 aromatic heterocycles. The molecule has 0 atom stereocenters. The molecule has 108 valence electrons. The second-order valence-corrected chi connectivity index (χ2v) is 5.31. The van der Waals surface area contributed by atoms with Crippen LogP contribution in [0, 0.1) is 6.92 Å². The molecule has 0 aromatic carbocycles. The summed E-state index contributed by atoms with van der Waals surface area (Å²) in [6, 6.07) is 1.91. The van der Waals surface area contributed by atoms with Gasteiger partial charge in [0, 0.05) is 25.0 Å². The number of nitrogens with one attached hydrogen (secondary N) is 1. The standard InChI is InChI=1S/C14H15N5OS/c1-4-9-7-16-6-5-10(9)12-17-13(20-18-12)11-8(2)19-21-14(11)15-3/h5-7,15H,4H2,1-3H3. The predicted octanol–water partition coefficient (Wildman–Crippen LogP) is 3.17. The van der Waals surface area contributed by atoms with Crippen molar-refractivity contribution >= 4 is 16.5 Å². The monoisotopic (exact) mass is 301 g/mol. The number of aryl methyl sites for hydroxylation is 2. The average Bonchev–Trinajstić information content (AvgIpc) is 3.13. The van der Waals surface area contributed by atoms with Crippen molar-refractivity contribution in [3.8, 4) is 22.8 Å². The molecule has 0 aliphatic rings. The molecule has 0 saturated carbocycles. The van der Waals surface area contributed by atoms with Crippen molar-refractivity contribution < 1.29 is 4.52 Å². The highest BCUT2D eigenvalue weighted by Crippen LogP contribution is 2.34. The van der Waals surface area contributed by atoms with Gasteiger partial charge < -0.3 is 9.84 Å². The molecule has 0 radical (unpaired) electrons. The highest BCUT2D eigenvalue weighted by molar-refractivity contribution is 7.10. The normalized spacial score (nSPS) is 10.8. The Labute approximate surface area is 126 Å². The Hall–Kier alpha value is -2.28. The number of hydrogen-bond acceptors (Lipinski definition) is 7. The smallest absolute Gasteiger partial charge is 0.263 e. The Morgan fingerprint density at radius 2 is 2.24 bits per heavy atom. The first-order chi connectivity index (χ1) is 10.2. The van der Waals surface area contributed by atoms with Crippen LogP contribution in [0.3, 0.4) is 0 Å². The van der Waals surface area contributed by atoms with E-state index in [1.54, 1.807) is 6.20 Å². The van der Waals surface area contributed by atoms with Gasteiger partial charge in [-0.25, -0.2) is 0 Å². The summed E-state index contributed by atoms with van der Waals surface area (Å²) in [6.45, 7) is 4.01. The van der Waals surface area contributed by atoms with Crippen LogP contribution in [0.1, 0.15) is 18.2 Å². The number of pyridine rings is 1. The van der Waals surface area contributed by atoms with E-state index in [9.17, 15) is 0 Å². The fourth-order valence-electron chi connectivity index (χ4n) is 2.15. The van der Waals surface area contributed by atoms with E-state index in [1.165, 1.54) is 11.5 Å². The largest absolute Gasteiger partial charge is 0.378 e. The minimum atomic E-state index is 0.486. The maximum atomic E-state index is 5.43. The molecular weight excluding hydrogens is 286 g/mol. The molecule has 6 nitrogen and oxygen atoms in total. The zero-order chi connectivity index (χ0) is 14.8. The molecule has 0 spiro atoms. The van der Waals surface area contributed by atoms with Crippen LogP contribution in [0.5, 0.6) is 0 Å². The lowest BCUT2D eigenvalue weighted by Crippen LogP contribution is -1.91. The summed E-state index contributed by atoms with van der Waals surface area (Å²) in [5.74, 6) is 1.07. The molecular formula is C14H15N5OS. The van der Waals surface area contributed by atoms with Crippen LogP contribution in [-0.4, -0.2) is 26.5 Å². The van der Waals surface area contributed by atoms with Gasteiger partial charge in [0.2, 0.25) is 5.82 Å². The first-order valence-electron chi connectivity index (χ1n) is 6.66. The summed E-state index contributed by atoms with van der Waals surface area (Å²) in [7, 11) is 1.85. The van der Waals surface area contributed by atoms with Gasteiger partial charge in [0.15, 0.2) is 0 Å². The number of rotatable bonds is 4. The van der Waals surface area contributed by atoms with Gasteiger partial charge in [-0.3, -0.25) is 4.98 Å². The first-order valence-corrected chi connectivity index (χ1v) is 7.43. The van der Waals surface area contributed by atoms with Crippen LogP contribution >= 0.6 is 11.5 Å². The zero-order valence-electron chi connectivity index (χ0n) is 12.0. The van der Waals surface area contributed by atoms with E-state index in [4.69, 9.17) is 4.52 Å². The second-order valence-electron chi connectivity index (χ2n) is 4.53. The van der Waals surface area contributed by atoms with E-state index in [1.807, 2.05) is 26.2 Å². The quantitative estimate of drug-likeness (QED) is 0.797. The predicted molar refractivity (Wildman–Crippen MR) is 82.3 cm³/mol. The van der Waals surface area contributed by atoms with Gasteiger partial charge in [0.1, 0.15) is 5.00 Å². The minimum Gasteiger partial charge on any atom is -0.378 e. The molecule has 3 aromatic rings. The fourth-order valence-corrected chi connectivity index (χ4v) is 2.89. The number of nitrogens with zero attached hydrogens (tertiary/aromatic N) is 4. The molecule has 3 heterocycles. The lowest BCUT2D eigenvalue weighted by Gasteiger charge is -2.01. The number of aromatic nitrogens is 4. The van der Waals surface area contributed by atoms with Crippen molar-refractivity contribution in [1.29, 1.82) is 0 Å². The van der Waals surface area contributed by atoms with E-state index >= 15 is 0 Å². The molecule has 0 aliphatic heterocycles. The Kier molecular flexibility index (Phi) is 3.66. The maximum absolute atomic E-state index is 5.43. The van der Waals surface area contributed by atoms with Gasteiger partial charge in [-0.15, -0.1) is 0 Å². The highest BCUT2D eigenvalue weighted by atomic mass is 32.1. The molecule has 0 unspecified atom stereocenters. The van der Waals surface area contributed by atoms with E-state index in [0.717, 1.165) is 33.8 Å². The minimum absolute atomic E-state index is 0.486. The Balaban J connectivity index is 2.06. The van der Waals surface area contributed by atoms with Gasteiger partial charge in [0.05, 0.1) is 11.3 Å². The van der Waals surface area contributed by atoms with Gasteiger partial charge in [-0.1, -0.05) is 12.1 Å². The molecule has 0 bridgehead atoms. The fraction of sp³-hybridized carbons (Fsp3) is 0.286. The maximum Gasteiger partial charge on any atom is 0.263 e. The summed E-state index contributed by atoms with van der Waals surface area (Å²) >= 11 is 1.38. The van der Waals surface area contributed by atoms with Crippen molar-refractivity contribution in [3.63, 3.8) is 0 Å². The van der Waals surface area contributed by atoms with Crippen molar-refractivity contribution in [3.05, 3.63) is 29.7 Å². The molecule has 3 rings (SSSR count). The zero-order valence-corrected chi connectivity index (χ0v) is 12.9. The summed E-state index contributed by atoms with van der Waals surface area (Å²) in [5, 5.41) is 8.13. The molecule has 0 amide bonds. The molecule has 0 saturated heterocycles. The van der Waals surface area contributed by atoms with E-state index in [-0.39, 0.29) is 0 Å². The van der Waals surface area contributed by atoms with Gasteiger partial charge in [-0.05, 0) is 36.5 Å². The highest BCUT2D eigenvalue weighted by Gasteiger charge is 2.19. The SMILES string of the molecule is CCc1cnccc1-c1noc(-c2c(C)nsc2NC)n1. The van der Waals surface area contributed by atoms with Gasteiger partial charge in [0.25, 0.3) is 5.89 Å². The topological polar surface area (TPSA) is 76.7 Å². The van der Waals surface area contributed by atoms with E-state index < -0.39 is 0 Å². The van der Waals surface area contributed by atoms with Crippen molar-refractivity contribution in [2.24, 2.45) is 0 Å². The van der Waals surface area contributed by atoms with E-state index in [0.29, 0.717) is 11.7 Å². The van der Waals surface area contributed by atoms with E-state index in [2.05, 4.69) is 31.7 Å². The van der Waals surface area contributed by atoms with Crippen molar-refractivity contribution in [2.45, 2.75) is 20.3 Å². The third-order valence-corrected chi connectivity index (χ3v) is 4.21. The molecule has 0 fully saturated rings. The van der Waals surface area contributed by atoms with Gasteiger partial charge >= 0.3 is 0 Å². The third kappa shape index (κ3) is 2.40. The van der Waals surface area contributed by atoms with Crippen LogP contribution < -0.4 is 5.32 Å². The number of hydrogen-bond donors (Lipinski definition) is 1. The van der Waals surface area contributed by atoms with Crippen LogP contribution in [-0.2, 0) is 6.42 Å². The summed E-state index contributed by atoms with van der Waals surface area (Å²) in [6.07, 6.45) is 4.44. The van der Waals surface area contributed by atoms with Crippen LogP contribution in [0.4, 0.5) is 5.00 Å². The molecule has 0 aliphatic carbocycles. The van der Waals surface area contributed by atoms with Crippen LogP contribution in [0.15, 0.2) is 23.0 Å². The summed E-state index contributed by atoms with van der Waals surface area (Å²) in [4.78, 5) is 8.66. The lowest BCUT2D eigenvalue weighted by atomic mass is 10.1. The number of anilines is 1. The lowest BCUT2D eigenvalue weighted by molar-refractivity contribution is 0.432. The summed E-state index contributed by atoms with van der Waals surface area (Å²) in [5.41, 5.74) is 3.80. The average molecular weight is 301 g/mol. The van der Waals surface area contributed by atoms with Gasteiger partial charge in [-0.2, -0.15) is 9.36 Å². The van der Waals surface area contributed by atoms with Crippen LogP contribution in [0.25, 0.3) is 22.8 Å². The Bertz CT molecular complexity index is 764. The summed E-state index contributed by atoms with van der Waals surface area (Å²) < 4.78 is 9.75. The Morgan fingerprint density at radius 3 is 3.00 bits per heavy atom. The first kappa shape index (κ1) is 13.7. The van der Waals surface area contributed by atoms with Crippen molar-refractivity contribution in [1.82, 2.24) is 19.5 Å². The molecule has 1 N–H and O–H groups in total.